The van der Waals surface area contributed by atoms with Gasteiger partial charge in [-0.2, -0.15) is 0 Å². The lowest BCUT2D eigenvalue weighted by molar-refractivity contribution is 0.215. The van der Waals surface area contributed by atoms with Crippen molar-refractivity contribution in [1.82, 2.24) is 15.0 Å². The second-order valence-corrected chi connectivity index (χ2v) is 8.49. The Morgan fingerprint density at radius 2 is 1.71 bits per heavy atom. The number of hydrogen-bond donors (Lipinski definition) is 1. The summed E-state index contributed by atoms with van der Waals surface area (Å²) in [7, 11) is 0. The summed E-state index contributed by atoms with van der Waals surface area (Å²) in [5.41, 5.74) is 4.27. The number of aromatic nitrogens is 3. The van der Waals surface area contributed by atoms with Crippen molar-refractivity contribution >= 4 is 11.5 Å². The van der Waals surface area contributed by atoms with E-state index in [-0.39, 0.29) is 11.2 Å². The minimum absolute atomic E-state index is 0.231. The predicted molar refractivity (Wildman–Crippen MR) is 110 cm³/mol. The molecule has 1 aliphatic carbocycles. The van der Waals surface area contributed by atoms with Gasteiger partial charge < -0.3 is 5.32 Å². The molecular weight excluding hydrogens is 351 g/mol. The Hall–Kier alpha value is -2.82. The summed E-state index contributed by atoms with van der Waals surface area (Å²) in [6, 6.07) is 10.2. The maximum Gasteiger partial charge on any atom is 0.161 e. The third-order valence-electron chi connectivity index (χ3n) is 5.54. The highest BCUT2D eigenvalue weighted by molar-refractivity contribution is 5.65. The van der Waals surface area contributed by atoms with Gasteiger partial charge in [0.25, 0.3) is 0 Å². The minimum Gasteiger partial charge on any atom is -0.340 e. The number of hydrogen-bond acceptors (Lipinski definition) is 4. The van der Waals surface area contributed by atoms with Crippen molar-refractivity contribution in [1.29, 1.82) is 0 Å². The molecule has 0 bridgehead atoms. The molecular formula is C23H25FN4. The molecule has 1 aromatic carbocycles. The standard InChI is InChI=1S/C23H25FN4/c1-23(2,3)16-4-9-20-19(14-16)22(26-18-7-5-17(24)6-8-18)28-21(27-20)15-10-12-25-13-11-15/h5-8,10-13,16H,4,9,14H2,1-3H3,(H,26,27,28). The first-order chi connectivity index (χ1) is 13.4. The molecule has 0 saturated carbocycles. The molecule has 2 heterocycles. The molecule has 28 heavy (non-hydrogen) atoms. The summed E-state index contributed by atoms with van der Waals surface area (Å²) in [6.07, 6.45) is 6.51. The fraction of sp³-hybridized carbons (Fsp3) is 0.348. The molecule has 3 aromatic rings. The average Bonchev–Trinajstić information content (AvgIpc) is 2.69. The monoisotopic (exact) mass is 376 g/mol. The first-order valence-corrected chi connectivity index (χ1v) is 9.73. The molecule has 0 amide bonds. The number of aryl methyl sites for hydroxylation is 1. The van der Waals surface area contributed by atoms with Crippen LogP contribution < -0.4 is 5.32 Å². The number of anilines is 2. The van der Waals surface area contributed by atoms with Crippen molar-refractivity contribution in [2.45, 2.75) is 40.0 Å². The van der Waals surface area contributed by atoms with Gasteiger partial charge in [-0.15, -0.1) is 0 Å². The van der Waals surface area contributed by atoms with Crippen LogP contribution in [0.5, 0.6) is 0 Å². The lowest BCUT2D eigenvalue weighted by Crippen LogP contribution is -2.28. The largest absolute Gasteiger partial charge is 0.340 e. The summed E-state index contributed by atoms with van der Waals surface area (Å²) >= 11 is 0. The number of nitrogens with zero attached hydrogens (tertiary/aromatic N) is 3. The maximum atomic E-state index is 13.3. The average molecular weight is 376 g/mol. The highest BCUT2D eigenvalue weighted by Crippen LogP contribution is 2.39. The summed E-state index contributed by atoms with van der Waals surface area (Å²) in [4.78, 5) is 13.8. The highest BCUT2D eigenvalue weighted by atomic mass is 19.1. The van der Waals surface area contributed by atoms with E-state index in [1.165, 1.54) is 17.7 Å². The molecule has 4 nitrogen and oxygen atoms in total. The predicted octanol–water partition coefficient (Wildman–Crippen LogP) is 5.57. The molecule has 0 spiro atoms. The summed E-state index contributed by atoms with van der Waals surface area (Å²) in [6.45, 7) is 6.88. The van der Waals surface area contributed by atoms with Crippen LogP contribution >= 0.6 is 0 Å². The van der Waals surface area contributed by atoms with E-state index in [0.29, 0.717) is 11.7 Å². The molecule has 0 radical (unpaired) electrons. The molecule has 2 aromatic heterocycles. The second kappa shape index (κ2) is 7.30. The zero-order chi connectivity index (χ0) is 19.7. The third-order valence-corrected chi connectivity index (χ3v) is 5.54. The van der Waals surface area contributed by atoms with Crippen LogP contribution in [0.25, 0.3) is 11.4 Å². The van der Waals surface area contributed by atoms with Crippen LogP contribution in [0.15, 0.2) is 48.8 Å². The first kappa shape index (κ1) is 18.5. The van der Waals surface area contributed by atoms with Gasteiger partial charge in [0.05, 0.1) is 0 Å². The summed E-state index contributed by atoms with van der Waals surface area (Å²) < 4.78 is 13.3. The van der Waals surface area contributed by atoms with Crippen LogP contribution in [0.3, 0.4) is 0 Å². The quantitative estimate of drug-likeness (QED) is 0.649. The van der Waals surface area contributed by atoms with E-state index in [9.17, 15) is 4.39 Å². The number of nitrogens with one attached hydrogen (secondary N) is 1. The van der Waals surface area contributed by atoms with Crippen LogP contribution in [0.1, 0.15) is 38.4 Å². The Labute approximate surface area is 165 Å². The SMILES string of the molecule is CC(C)(C)C1CCc2nc(-c3ccncc3)nc(Nc3ccc(F)cc3)c2C1. The molecule has 4 rings (SSSR count). The molecule has 5 heteroatoms. The van der Waals surface area contributed by atoms with Gasteiger partial charge in [-0.3, -0.25) is 4.98 Å². The van der Waals surface area contributed by atoms with Crippen molar-refractivity contribution in [2.24, 2.45) is 11.3 Å². The van der Waals surface area contributed by atoms with E-state index in [2.05, 4.69) is 31.1 Å². The van der Waals surface area contributed by atoms with Gasteiger partial charge in [0.2, 0.25) is 0 Å². The van der Waals surface area contributed by atoms with Gasteiger partial charge in [0.1, 0.15) is 11.6 Å². The lowest BCUT2D eigenvalue weighted by atomic mass is 9.71. The van der Waals surface area contributed by atoms with Crippen LogP contribution in [0.4, 0.5) is 15.9 Å². The van der Waals surface area contributed by atoms with Crippen LogP contribution in [0.2, 0.25) is 0 Å². The number of halogens is 1. The van der Waals surface area contributed by atoms with E-state index >= 15 is 0 Å². The van der Waals surface area contributed by atoms with Crippen molar-refractivity contribution < 1.29 is 4.39 Å². The van der Waals surface area contributed by atoms with Crippen LogP contribution in [0, 0.1) is 17.2 Å². The van der Waals surface area contributed by atoms with Gasteiger partial charge >= 0.3 is 0 Å². The molecule has 1 aliphatic rings. The zero-order valence-electron chi connectivity index (χ0n) is 16.5. The molecule has 0 aliphatic heterocycles. The van der Waals surface area contributed by atoms with Crippen molar-refractivity contribution in [3.8, 4) is 11.4 Å². The Morgan fingerprint density at radius 3 is 2.39 bits per heavy atom. The van der Waals surface area contributed by atoms with Gasteiger partial charge in [-0.1, -0.05) is 20.8 Å². The van der Waals surface area contributed by atoms with Crippen molar-refractivity contribution in [3.05, 3.63) is 65.9 Å². The minimum atomic E-state index is -0.250. The van der Waals surface area contributed by atoms with Crippen LogP contribution in [-0.4, -0.2) is 15.0 Å². The van der Waals surface area contributed by atoms with E-state index < -0.39 is 0 Å². The van der Waals surface area contributed by atoms with Gasteiger partial charge in [0.15, 0.2) is 5.82 Å². The number of pyridine rings is 1. The fourth-order valence-electron chi connectivity index (χ4n) is 3.75. The zero-order valence-corrected chi connectivity index (χ0v) is 16.5. The Bertz CT molecular complexity index is 962. The van der Waals surface area contributed by atoms with E-state index in [4.69, 9.17) is 9.97 Å². The normalized spacial score (nSPS) is 16.5. The number of benzene rings is 1. The summed E-state index contributed by atoms with van der Waals surface area (Å²) in [5.74, 6) is 1.84. The Morgan fingerprint density at radius 1 is 1.00 bits per heavy atom. The number of fused-ring (bicyclic) bond motifs is 1. The smallest absolute Gasteiger partial charge is 0.161 e. The Kier molecular flexibility index (Phi) is 4.84. The number of rotatable bonds is 3. The molecule has 1 N–H and O–H groups in total. The molecule has 0 fully saturated rings. The van der Waals surface area contributed by atoms with Gasteiger partial charge in [-0.25, -0.2) is 14.4 Å². The molecule has 144 valence electrons. The highest BCUT2D eigenvalue weighted by Gasteiger charge is 2.31. The van der Waals surface area contributed by atoms with E-state index in [1.54, 1.807) is 24.5 Å². The van der Waals surface area contributed by atoms with Gasteiger partial charge in [-0.05, 0) is 67.0 Å². The molecule has 1 atom stereocenters. The first-order valence-electron chi connectivity index (χ1n) is 9.73. The van der Waals surface area contributed by atoms with Gasteiger partial charge in [0, 0.05) is 34.9 Å². The fourth-order valence-corrected chi connectivity index (χ4v) is 3.75. The second-order valence-electron chi connectivity index (χ2n) is 8.49. The molecule has 0 saturated heterocycles. The van der Waals surface area contributed by atoms with Crippen LogP contribution in [-0.2, 0) is 12.8 Å². The van der Waals surface area contributed by atoms with Crippen molar-refractivity contribution in [2.75, 3.05) is 5.32 Å². The van der Waals surface area contributed by atoms with E-state index in [1.807, 2.05) is 12.1 Å². The van der Waals surface area contributed by atoms with E-state index in [0.717, 1.165) is 42.0 Å². The topological polar surface area (TPSA) is 50.7 Å². The third kappa shape index (κ3) is 3.88. The maximum absolute atomic E-state index is 13.3. The lowest BCUT2D eigenvalue weighted by Gasteiger charge is -2.35. The van der Waals surface area contributed by atoms with Crippen molar-refractivity contribution in [3.63, 3.8) is 0 Å². The molecule has 1 unspecified atom stereocenters. The Balaban J connectivity index is 1.77. The summed E-state index contributed by atoms with van der Waals surface area (Å²) in [5, 5.41) is 3.41.